The van der Waals surface area contributed by atoms with Crippen LogP contribution < -0.4 is 0 Å². The van der Waals surface area contributed by atoms with Crippen LogP contribution in [0.25, 0.3) is 0 Å². The number of ether oxygens (including phenoxy) is 6. The first kappa shape index (κ1) is 30.3. The molecular weight excluding hydrogens is 508 g/mol. The monoisotopic (exact) mass is 546 g/mol. The zero-order valence-corrected chi connectivity index (χ0v) is 22.1. The number of aliphatic hydroxyl groups excluding tert-OH is 3. The molecule has 4 N–H and O–H groups in total. The second-order valence-corrected chi connectivity index (χ2v) is 10.2. The Morgan fingerprint density at radius 2 is 1.74 bits per heavy atom. The molecule has 1 saturated heterocycles. The van der Waals surface area contributed by atoms with Crippen LogP contribution in [0.5, 0.6) is 0 Å². The highest BCUT2D eigenvalue weighted by Gasteiger charge is 2.59. The molecule has 2 heterocycles. The van der Waals surface area contributed by atoms with Gasteiger partial charge in [-0.2, -0.15) is 0 Å². The minimum atomic E-state index is -1.64. The second-order valence-electron chi connectivity index (χ2n) is 10.2. The zero-order valence-electron chi connectivity index (χ0n) is 22.1. The van der Waals surface area contributed by atoms with Crippen molar-refractivity contribution in [3.8, 4) is 0 Å². The molecule has 0 radical (unpaired) electrons. The molecule has 0 aromatic carbocycles. The van der Waals surface area contributed by atoms with Crippen molar-refractivity contribution in [3.63, 3.8) is 0 Å². The van der Waals surface area contributed by atoms with Crippen molar-refractivity contribution in [1.82, 2.24) is 0 Å². The zero-order chi connectivity index (χ0) is 28.4. The highest BCUT2D eigenvalue weighted by atomic mass is 16.7. The van der Waals surface area contributed by atoms with E-state index in [2.05, 4.69) is 0 Å². The summed E-state index contributed by atoms with van der Waals surface area (Å²) in [5.41, 5.74) is -1.15. The first-order valence-corrected chi connectivity index (χ1v) is 12.7. The van der Waals surface area contributed by atoms with E-state index in [1.54, 1.807) is 6.92 Å². The molecule has 3 rings (SSSR count). The highest BCUT2D eigenvalue weighted by Crippen LogP contribution is 2.49. The Bertz CT molecular complexity index is 902. The first-order chi connectivity index (χ1) is 17.8. The van der Waals surface area contributed by atoms with E-state index in [0.717, 1.165) is 13.8 Å². The van der Waals surface area contributed by atoms with Gasteiger partial charge >= 0.3 is 17.9 Å². The summed E-state index contributed by atoms with van der Waals surface area (Å²) in [5.74, 6) is -3.71. The third kappa shape index (κ3) is 6.29. The third-order valence-corrected chi connectivity index (χ3v) is 7.45. The average molecular weight is 547 g/mol. The lowest BCUT2D eigenvalue weighted by Gasteiger charge is -2.43. The lowest BCUT2D eigenvalue weighted by molar-refractivity contribution is -0.304. The normalized spacial score (nSPS) is 39.3. The van der Waals surface area contributed by atoms with E-state index in [1.165, 1.54) is 13.2 Å². The number of carbonyl (C=O) groups excluding carboxylic acids is 3. The molecule has 0 aromatic rings. The van der Waals surface area contributed by atoms with Crippen LogP contribution in [-0.4, -0.2) is 100 Å². The smallest absolute Gasteiger partial charge is 0.311 e. The van der Waals surface area contributed by atoms with Crippen molar-refractivity contribution in [1.29, 1.82) is 0 Å². The summed E-state index contributed by atoms with van der Waals surface area (Å²) in [4.78, 5) is 35.9. The van der Waals surface area contributed by atoms with Gasteiger partial charge in [0, 0.05) is 19.8 Å². The molecule has 11 unspecified atom stereocenters. The molecule has 3 aliphatic rings. The molecule has 0 amide bonds. The number of hydrogen-bond donors (Lipinski definition) is 4. The van der Waals surface area contributed by atoms with Crippen molar-refractivity contribution in [3.05, 3.63) is 11.8 Å². The van der Waals surface area contributed by atoms with Crippen LogP contribution in [0, 0.1) is 17.8 Å². The number of aliphatic hydroxyl groups is 4. The number of rotatable bonds is 9. The average Bonchev–Trinajstić information content (AvgIpc) is 3.09. The topological polar surface area (TPSA) is 188 Å². The first-order valence-electron chi connectivity index (χ1n) is 12.7. The fraction of sp³-hybridized carbons (Fsp3) is 0.800. The van der Waals surface area contributed by atoms with Gasteiger partial charge in [-0.3, -0.25) is 14.4 Å². The Hall–Kier alpha value is -2.29. The standard InChI is InChI=1S/C25H38O13/c1-6-11(2)22(31)38-23-18-15(7-17(29)25(18,5)32)14(9-33-23)10-34-24-21(36-13(4)28)20(35-12(3)27)19(30)16(8-26)37-24/h9,11,15-21,23-24,26,29-30,32H,6-8,10H2,1-5H3. The summed E-state index contributed by atoms with van der Waals surface area (Å²) < 4.78 is 33.1. The van der Waals surface area contributed by atoms with Crippen molar-refractivity contribution >= 4 is 17.9 Å². The maximum absolute atomic E-state index is 12.4. The van der Waals surface area contributed by atoms with Crippen LogP contribution >= 0.6 is 0 Å². The summed E-state index contributed by atoms with van der Waals surface area (Å²) in [6, 6.07) is 0. The van der Waals surface area contributed by atoms with Crippen molar-refractivity contribution in [2.75, 3.05) is 13.2 Å². The van der Waals surface area contributed by atoms with Gasteiger partial charge in [-0.1, -0.05) is 13.8 Å². The van der Waals surface area contributed by atoms with Gasteiger partial charge in [-0.15, -0.1) is 0 Å². The van der Waals surface area contributed by atoms with E-state index >= 15 is 0 Å². The predicted octanol–water partition coefficient (Wildman–Crippen LogP) is -0.478. The Morgan fingerprint density at radius 3 is 2.32 bits per heavy atom. The van der Waals surface area contributed by atoms with Crippen LogP contribution in [-0.2, 0) is 42.8 Å². The van der Waals surface area contributed by atoms with E-state index < -0.39 is 85.1 Å². The fourth-order valence-electron chi connectivity index (χ4n) is 5.07. The maximum Gasteiger partial charge on any atom is 0.311 e. The largest absolute Gasteiger partial charge is 0.462 e. The van der Waals surface area contributed by atoms with E-state index in [0.29, 0.717) is 12.0 Å². The molecule has 38 heavy (non-hydrogen) atoms. The summed E-state index contributed by atoms with van der Waals surface area (Å²) >= 11 is 0. The summed E-state index contributed by atoms with van der Waals surface area (Å²) in [6.45, 7) is 6.38. The van der Waals surface area contributed by atoms with Gasteiger partial charge in [-0.25, -0.2) is 0 Å². The van der Waals surface area contributed by atoms with E-state index in [1.807, 2.05) is 6.92 Å². The van der Waals surface area contributed by atoms with E-state index in [4.69, 9.17) is 28.4 Å². The molecule has 13 nitrogen and oxygen atoms in total. The molecule has 0 aromatic heterocycles. The van der Waals surface area contributed by atoms with Crippen molar-refractivity contribution in [2.45, 2.75) is 96.2 Å². The van der Waals surface area contributed by atoms with Gasteiger partial charge in [0.15, 0.2) is 18.5 Å². The molecule has 2 aliphatic heterocycles. The number of esters is 3. The predicted molar refractivity (Wildman–Crippen MR) is 126 cm³/mol. The molecule has 13 heteroatoms. The Balaban J connectivity index is 1.82. The summed E-state index contributed by atoms with van der Waals surface area (Å²) in [6.07, 6.45) is -7.10. The van der Waals surface area contributed by atoms with Crippen LogP contribution in [0.3, 0.4) is 0 Å². The lowest BCUT2D eigenvalue weighted by Crippen LogP contribution is -2.61. The Morgan fingerprint density at radius 1 is 1.11 bits per heavy atom. The SMILES string of the molecule is CCC(C)C(=O)OC1OC=C(COC2OC(CO)C(O)C(OC(C)=O)C2OC(C)=O)C2CC(O)C(C)(O)C12. The number of carbonyl (C=O) groups is 3. The molecule has 1 saturated carbocycles. The summed E-state index contributed by atoms with van der Waals surface area (Å²) in [7, 11) is 0. The molecular formula is C25H38O13. The van der Waals surface area contributed by atoms with Gasteiger partial charge in [0.1, 0.15) is 12.2 Å². The minimum Gasteiger partial charge on any atom is -0.462 e. The van der Waals surface area contributed by atoms with Crippen LogP contribution in [0.2, 0.25) is 0 Å². The van der Waals surface area contributed by atoms with Crippen LogP contribution in [0.4, 0.5) is 0 Å². The number of hydrogen-bond acceptors (Lipinski definition) is 13. The minimum absolute atomic E-state index is 0.126. The van der Waals surface area contributed by atoms with Crippen LogP contribution in [0.1, 0.15) is 47.5 Å². The second kappa shape index (κ2) is 12.3. The molecule has 0 spiro atoms. The fourth-order valence-corrected chi connectivity index (χ4v) is 5.07. The molecule has 0 bridgehead atoms. The van der Waals surface area contributed by atoms with Crippen molar-refractivity contribution < 1.29 is 63.2 Å². The molecule has 11 atom stereocenters. The van der Waals surface area contributed by atoms with Gasteiger partial charge in [-0.05, 0) is 25.3 Å². The van der Waals surface area contributed by atoms with Gasteiger partial charge in [0.05, 0.1) is 43.0 Å². The van der Waals surface area contributed by atoms with Gasteiger partial charge < -0.3 is 48.8 Å². The van der Waals surface area contributed by atoms with Gasteiger partial charge in [0.2, 0.25) is 6.29 Å². The quantitative estimate of drug-likeness (QED) is 0.215. The summed E-state index contributed by atoms with van der Waals surface area (Å²) in [5, 5.41) is 41.8. The maximum atomic E-state index is 12.4. The number of fused-ring (bicyclic) bond motifs is 1. The molecule has 1 aliphatic carbocycles. The van der Waals surface area contributed by atoms with Gasteiger partial charge in [0.25, 0.3) is 0 Å². The van der Waals surface area contributed by atoms with Crippen molar-refractivity contribution in [2.24, 2.45) is 17.8 Å². The molecule has 216 valence electrons. The van der Waals surface area contributed by atoms with Crippen LogP contribution in [0.15, 0.2) is 11.8 Å². The van der Waals surface area contributed by atoms with E-state index in [9.17, 15) is 34.8 Å². The molecule has 2 fully saturated rings. The Kier molecular flexibility index (Phi) is 9.76. The van der Waals surface area contributed by atoms with E-state index in [-0.39, 0.29) is 18.9 Å². The third-order valence-electron chi connectivity index (χ3n) is 7.45. The highest BCUT2D eigenvalue weighted by molar-refractivity contribution is 5.72. The Labute approximate surface area is 220 Å². The lowest BCUT2D eigenvalue weighted by atomic mass is 9.81.